The van der Waals surface area contributed by atoms with Crippen LogP contribution in [0.15, 0.2) is 0 Å². The molecular formula is C11H22. The summed E-state index contributed by atoms with van der Waals surface area (Å²) < 4.78 is 0. The molecule has 0 heteroatoms. The van der Waals surface area contributed by atoms with Gasteiger partial charge in [0.25, 0.3) is 0 Å². The molecule has 1 saturated carbocycles. The third kappa shape index (κ3) is 2.21. The predicted octanol–water partition coefficient (Wildman–Crippen LogP) is 3.86. The minimum atomic E-state index is 0.943. The van der Waals surface area contributed by atoms with Gasteiger partial charge in [-0.05, 0) is 17.8 Å². The Morgan fingerprint density at radius 1 is 1.18 bits per heavy atom. The van der Waals surface area contributed by atoms with E-state index in [1.165, 1.54) is 32.1 Å². The first-order valence-electron chi connectivity index (χ1n) is 5.25. The molecule has 0 aromatic carbocycles. The van der Waals surface area contributed by atoms with E-state index >= 15 is 0 Å². The average molecular weight is 154 g/mol. The highest BCUT2D eigenvalue weighted by atomic mass is 14.3. The minimum Gasteiger partial charge on any atom is -0.0651 e. The summed E-state index contributed by atoms with van der Waals surface area (Å²) in [5, 5.41) is 0. The Balaban J connectivity index is 2.32. The Hall–Kier alpha value is 0. The molecule has 0 aromatic heterocycles. The van der Waals surface area contributed by atoms with Crippen molar-refractivity contribution in [3.8, 4) is 0 Å². The molecule has 0 heterocycles. The van der Waals surface area contributed by atoms with Crippen molar-refractivity contribution in [1.29, 1.82) is 0 Å². The van der Waals surface area contributed by atoms with Crippen molar-refractivity contribution < 1.29 is 0 Å². The third-order valence-corrected chi connectivity index (χ3v) is 3.68. The van der Waals surface area contributed by atoms with Crippen molar-refractivity contribution in [2.24, 2.45) is 17.8 Å². The van der Waals surface area contributed by atoms with Crippen LogP contribution in [-0.4, -0.2) is 0 Å². The lowest BCUT2D eigenvalue weighted by atomic mass is 9.82. The van der Waals surface area contributed by atoms with Crippen LogP contribution in [0.5, 0.6) is 0 Å². The molecule has 0 aromatic rings. The maximum absolute atomic E-state index is 2.45. The molecule has 0 aliphatic heterocycles. The van der Waals surface area contributed by atoms with E-state index in [0.29, 0.717) is 0 Å². The molecule has 0 N–H and O–H groups in total. The lowest BCUT2D eigenvalue weighted by Gasteiger charge is -2.24. The fourth-order valence-corrected chi connectivity index (χ4v) is 2.32. The molecule has 11 heavy (non-hydrogen) atoms. The Bertz CT molecular complexity index is 101. The zero-order valence-electron chi connectivity index (χ0n) is 8.27. The van der Waals surface area contributed by atoms with Gasteiger partial charge < -0.3 is 0 Å². The molecule has 66 valence electrons. The van der Waals surface area contributed by atoms with E-state index in [2.05, 4.69) is 20.8 Å². The van der Waals surface area contributed by atoms with E-state index in [1.54, 1.807) is 0 Å². The van der Waals surface area contributed by atoms with Gasteiger partial charge in [0.2, 0.25) is 0 Å². The molecule has 0 bridgehead atoms. The first-order chi connectivity index (χ1) is 5.25. The molecule has 0 spiro atoms. The molecule has 0 saturated heterocycles. The zero-order chi connectivity index (χ0) is 8.27. The van der Waals surface area contributed by atoms with E-state index in [1.807, 2.05) is 0 Å². The van der Waals surface area contributed by atoms with Gasteiger partial charge in [0.1, 0.15) is 0 Å². The highest BCUT2D eigenvalue weighted by molar-refractivity contribution is 4.75. The van der Waals surface area contributed by atoms with Gasteiger partial charge in [0.05, 0.1) is 0 Å². The summed E-state index contributed by atoms with van der Waals surface area (Å²) >= 11 is 0. The zero-order valence-corrected chi connectivity index (χ0v) is 8.27. The maximum Gasteiger partial charge on any atom is -0.0386 e. The number of hydrogen-bond donors (Lipinski definition) is 0. The lowest BCUT2D eigenvalue weighted by molar-refractivity contribution is 0.260. The van der Waals surface area contributed by atoms with Crippen LogP contribution in [0.4, 0.5) is 0 Å². The number of rotatable bonds is 3. The molecule has 0 nitrogen and oxygen atoms in total. The van der Waals surface area contributed by atoms with E-state index < -0.39 is 0 Å². The summed E-state index contributed by atoms with van der Waals surface area (Å²) in [6.45, 7) is 7.17. The van der Waals surface area contributed by atoms with Crippen LogP contribution in [0.25, 0.3) is 0 Å². The molecule has 0 radical (unpaired) electrons. The van der Waals surface area contributed by atoms with Crippen LogP contribution in [0, 0.1) is 17.8 Å². The van der Waals surface area contributed by atoms with Gasteiger partial charge >= 0.3 is 0 Å². The minimum absolute atomic E-state index is 0.943. The molecule has 2 atom stereocenters. The fourth-order valence-electron chi connectivity index (χ4n) is 2.32. The second-order valence-electron chi connectivity index (χ2n) is 4.29. The standard InChI is InChI=1S/C11H22/c1-4-9(2)10(3)11-7-5-6-8-11/h9-11H,4-8H2,1-3H3. The van der Waals surface area contributed by atoms with Crippen molar-refractivity contribution in [2.45, 2.75) is 52.9 Å². The fraction of sp³-hybridized carbons (Fsp3) is 1.00. The van der Waals surface area contributed by atoms with Crippen molar-refractivity contribution >= 4 is 0 Å². The molecule has 1 aliphatic carbocycles. The summed E-state index contributed by atoms with van der Waals surface area (Å²) in [6, 6.07) is 0. The molecule has 2 unspecified atom stereocenters. The van der Waals surface area contributed by atoms with Gasteiger partial charge in [0.15, 0.2) is 0 Å². The smallest absolute Gasteiger partial charge is 0.0386 e. The van der Waals surface area contributed by atoms with Crippen LogP contribution in [-0.2, 0) is 0 Å². The number of hydrogen-bond acceptors (Lipinski definition) is 0. The summed E-state index contributed by atoms with van der Waals surface area (Å²) in [4.78, 5) is 0. The SMILES string of the molecule is CCC(C)C(C)C1CCCC1. The topological polar surface area (TPSA) is 0 Å². The van der Waals surface area contributed by atoms with Crippen LogP contribution in [0.3, 0.4) is 0 Å². The van der Waals surface area contributed by atoms with Crippen LogP contribution < -0.4 is 0 Å². The van der Waals surface area contributed by atoms with Crippen molar-refractivity contribution in [1.82, 2.24) is 0 Å². The summed E-state index contributed by atoms with van der Waals surface area (Å²) in [5.41, 5.74) is 0. The van der Waals surface area contributed by atoms with Crippen molar-refractivity contribution in [3.05, 3.63) is 0 Å². The maximum atomic E-state index is 2.45. The normalized spacial score (nSPS) is 25.4. The summed E-state index contributed by atoms with van der Waals surface area (Å²) in [7, 11) is 0. The highest BCUT2D eigenvalue weighted by Gasteiger charge is 2.24. The van der Waals surface area contributed by atoms with Gasteiger partial charge in [-0.15, -0.1) is 0 Å². The molecular weight excluding hydrogens is 132 g/mol. The van der Waals surface area contributed by atoms with Gasteiger partial charge in [-0.3, -0.25) is 0 Å². The summed E-state index contributed by atoms with van der Waals surface area (Å²) in [5.74, 6) is 2.98. The van der Waals surface area contributed by atoms with Crippen LogP contribution in [0.2, 0.25) is 0 Å². The van der Waals surface area contributed by atoms with Crippen LogP contribution in [0.1, 0.15) is 52.9 Å². The Kier molecular flexibility index (Phi) is 3.42. The van der Waals surface area contributed by atoms with Crippen LogP contribution >= 0.6 is 0 Å². The van der Waals surface area contributed by atoms with E-state index in [0.717, 1.165) is 17.8 Å². The van der Waals surface area contributed by atoms with Gasteiger partial charge in [0, 0.05) is 0 Å². The molecule has 1 aliphatic rings. The van der Waals surface area contributed by atoms with Gasteiger partial charge in [-0.25, -0.2) is 0 Å². The van der Waals surface area contributed by atoms with Crippen molar-refractivity contribution in [2.75, 3.05) is 0 Å². The second-order valence-corrected chi connectivity index (χ2v) is 4.29. The third-order valence-electron chi connectivity index (χ3n) is 3.68. The largest absolute Gasteiger partial charge is 0.0651 e. The predicted molar refractivity (Wildman–Crippen MR) is 50.6 cm³/mol. The quantitative estimate of drug-likeness (QED) is 0.579. The van der Waals surface area contributed by atoms with Gasteiger partial charge in [-0.1, -0.05) is 52.9 Å². The molecule has 0 amide bonds. The Morgan fingerprint density at radius 3 is 2.18 bits per heavy atom. The molecule has 1 rings (SSSR count). The molecule has 1 fully saturated rings. The first kappa shape index (κ1) is 9.09. The highest BCUT2D eigenvalue weighted by Crippen LogP contribution is 2.35. The average Bonchev–Trinajstić information content (AvgIpc) is 2.53. The second kappa shape index (κ2) is 4.13. The van der Waals surface area contributed by atoms with Gasteiger partial charge in [-0.2, -0.15) is 0 Å². The lowest BCUT2D eigenvalue weighted by Crippen LogP contribution is -2.15. The Labute approximate surface area is 71.4 Å². The van der Waals surface area contributed by atoms with Crippen molar-refractivity contribution in [3.63, 3.8) is 0 Å². The summed E-state index contributed by atoms with van der Waals surface area (Å²) in [6.07, 6.45) is 7.35. The monoisotopic (exact) mass is 154 g/mol. The Morgan fingerprint density at radius 2 is 1.73 bits per heavy atom. The van der Waals surface area contributed by atoms with E-state index in [4.69, 9.17) is 0 Å². The first-order valence-corrected chi connectivity index (χ1v) is 5.25. The van der Waals surface area contributed by atoms with E-state index in [9.17, 15) is 0 Å². The van der Waals surface area contributed by atoms with E-state index in [-0.39, 0.29) is 0 Å².